The number of nitrogens with zero attached hydrogens (tertiary/aromatic N) is 1. The van der Waals surface area contributed by atoms with Gasteiger partial charge in [-0.1, -0.05) is 17.7 Å². The molecule has 126 valence electrons. The number of anilines is 1. The molecule has 2 aliphatic rings. The molecule has 0 saturated carbocycles. The maximum Gasteiger partial charge on any atom is 0.231 e. The highest BCUT2D eigenvalue weighted by molar-refractivity contribution is 6.30. The zero-order valence-corrected chi connectivity index (χ0v) is 14.6. The average Bonchev–Trinajstić information content (AvgIpc) is 3.06. The van der Waals surface area contributed by atoms with E-state index in [-0.39, 0.29) is 0 Å². The molecule has 2 aliphatic heterocycles. The van der Waals surface area contributed by atoms with Crippen molar-refractivity contribution < 1.29 is 14.4 Å². The smallest absolute Gasteiger partial charge is 0.231 e. The van der Waals surface area contributed by atoms with Crippen molar-refractivity contribution in [2.24, 2.45) is 0 Å². The fraction of sp³-hybridized carbons (Fsp3) is 0.368. The van der Waals surface area contributed by atoms with Gasteiger partial charge >= 0.3 is 0 Å². The van der Waals surface area contributed by atoms with E-state index in [1.54, 1.807) is 4.90 Å². The Kier molecular flexibility index (Phi) is 4.25. The molecule has 4 nitrogen and oxygen atoms in total. The summed E-state index contributed by atoms with van der Waals surface area (Å²) >= 11 is 6.16. The quantitative estimate of drug-likeness (QED) is 0.924. The Morgan fingerprint density at radius 3 is 2.67 bits per heavy atom. The molecule has 2 aromatic carbocycles. The van der Waals surface area contributed by atoms with Crippen molar-refractivity contribution in [2.45, 2.75) is 13.5 Å². The lowest BCUT2D eigenvalue weighted by atomic mass is 10.1. The van der Waals surface area contributed by atoms with Crippen LogP contribution >= 0.6 is 11.6 Å². The maximum absolute atomic E-state index is 6.16. The van der Waals surface area contributed by atoms with Gasteiger partial charge in [-0.25, -0.2) is 0 Å². The third-order valence-corrected chi connectivity index (χ3v) is 5.11. The molecule has 0 unspecified atom stereocenters. The molecule has 0 aliphatic carbocycles. The third-order valence-electron chi connectivity index (χ3n) is 4.87. The molecule has 0 radical (unpaired) electrons. The van der Waals surface area contributed by atoms with Gasteiger partial charge in [-0.2, -0.15) is 0 Å². The van der Waals surface area contributed by atoms with Gasteiger partial charge in [0.2, 0.25) is 6.79 Å². The van der Waals surface area contributed by atoms with Crippen LogP contribution in [-0.4, -0.2) is 33.0 Å². The van der Waals surface area contributed by atoms with Gasteiger partial charge in [-0.3, -0.25) is 0 Å². The average molecular weight is 346 g/mol. The molecule has 1 N–H and O–H groups in total. The summed E-state index contributed by atoms with van der Waals surface area (Å²) in [5.74, 6) is 1.73. The minimum atomic E-state index is 0.337. The van der Waals surface area contributed by atoms with Crippen molar-refractivity contribution in [1.82, 2.24) is 0 Å². The topological polar surface area (TPSA) is 26.1 Å². The summed E-state index contributed by atoms with van der Waals surface area (Å²) in [6.07, 6.45) is 0. The van der Waals surface area contributed by atoms with E-state index in [1.165, 1.54) is 16.8 Å². The van der Waals surface area contributed by atoms with Crippen LogP contribution in [-0.2, 0) is 6.54 Å². The second-order valence-electron chi connectivity index (χ2n) is 6.53. The van der Waals surface area contributed by atoms with Crippen molar-refractivity contribution in [1.29, 1.82) is 0 Å². The van der Waals surface area contributed by atoms with Crippen LogP contribution in [0.3, 0.4) is 0 Å². The van der Waals surface area contributed by atoms with Gasteiger partial charge in [0.05, 0.1) is 26.2 Å². The Morgan fingerprint density at radius 2 is 1.83 bits per heavy atom. The molecule has 2 aromatic rings. The van der Waals surface area contributed by atoms with Crippen molar-refractivity contribution in [3.8, 4) is 11.5 Å². The number of nitrogens with one attached hydrogen (secondary N) is 1. The zero-order chi connectivity index (χ0) is 16.5. The first kappa shape index (κ1) is 15.6. The van der Waals surface area contributed by atoms with Crippen molar-refractivity contribution >= 4 is 17.3 Å². The molecule has 0 bridgehead atoms. The molecule has 5 heteroatoms. The van der Waals surface area contributed by atoms with E-state index in [0.717, 1.165) is 49.2 Å². The SMILES string of the molecule is Cc1ccc(Cl)cc1N1CC[NH+](Cc2ccc3c(c2)OCO3)CC1. The molecule has 0 atom stereocenters. The van der Waals surface area contributed by atoms with Gasteiger partial charge in [0.1, 0.15) is 6.54 Å². The number of hydrogen-bond donors (Lipinski definition) is 1. The second-order valence-corrected chi connectivity index (χ2v) is 6.97. The van der Waals surface area contributed by atoms with Gasteiger partial charge in [0, 0.05) is 16.3 Å². The zero-order valence-electron chi connectivity index (χ0n) is 13.8. The van der Waals surface area contributed by atoms with Crippen LogP contribution in [0.1, 0.15) is 11.1 Å². The molecule has 0 spiro atoms. The van der Waals surface area contributed by atoms with Crippen molar-refractivity contribution in [2.75, 3.05) is 37.9 Å². The third kappa shape index (κ3) is 3.17. The standard InChI is InChI=1S/C19H21ClN2O2/c1-14-2-4-16(20)11-17(14)22-8-6-21(7-9-22)12-15-3-5-18-19(10-15)24-13-23-18/h2-5,10-11H,6-9,12-13H2,1H3/p+1. The first-order chi connectivity index (χ1) is 11.7. The van der Waals surface area contributed by atoms with E-state index in [4.69, 9.17) is 21.1 Å². The fourth-order valence-corrected chi connectivity index (χ4v) is 3.67. The Bertz CT molecular complexity index is 742. The molecule has 1 fully saturated rings. The Hall–Kier alpha value is -1.91. The molecule has 4 rings (SSSR count). The van der Waals surface area contributed by atoms with E-state index in [1.807, 2.05) is 12.1 Å². The van der Waals surface area contributed by atoms with Crippen LogP contribution in [0.2, 0.25) is 5.02 Å². The molecule has 0 aromatic heterocycles. The minimum absolute atomic E-state index is 0.337. The van der Waals surface area contributed by atoms with Gasteiger partial charge < -0.3 is 19.3 Å². The number of benzene rings is 2. The van der Waals surface area contributed by atoms with E-state index < -0.39 is 0 Å². The summed E-state index contributed by atoms with van der Waals surface area (Å²) < 4.78 is 10.9. The molecule has 2 heterocycles. The van der Waals surface area contributed by atoms with Crippen LogP contribution in [0.25, 0.3) is 0 Å². The van der Waals surface area contributed by atoms with Crippen LogP contribution in [0.4, 0.5) is 5.69 Å². The Morgan fingerprint density at radius 1 is 1.04 bits per heavy atom. The van der Waals surface area contributed by atoms with Gasteiger partial charge in [0.15, 0.2) is 11.5 Å². The Labute approximate surface area is 147 Å². The van der Waals surface area contributed by atoms with Gasteiger partial charge in [-0.05, 0) is 42.8 Å². The fourth-order valence-electron chi connectivity index (χ4n) is 3.50. The highest BCUT2D eigenvalue weighted by atomic mass is 35.5. The number of fused-ring (bicyclic) bond motifs is 1. The Balaban J connectivity index is 1.38. The molecule has 1 saturated heterocycles. The highest BCUT2D eigenvalue weighted by Crippen LogP contribution is 2.32. The second kappa shape index (κ2) is 6.54. The van der Waals surface area contributed by atoms with E-state index in [9.17, 15) is 0 Å². The first-order valence-corrected chi connectivity index (χ1v) is 8.80. The van der Waals surface area contributed by atoms with Gasteiger partial charge in [-0.15, -0.1) is 0 Å². The van der Waals surface area contributed by atoms with E-state index in [0.29, 0.717) is 6.79 Å². The number of aryl methyl sites for hydroxylation is 1. The summed E-state index contributed by atoms with van der Waals surface area (Å²) in [6, 6.07) is 12.4. The van der Waals surface area contributed by atoms with E-state index in [2.05, 4.69) is 36.1 Å². The normalized spacial score (nSPS) is 17.3. The number of hydrogen-bond acceptors (Lipinski definition) is 3. The van der Waals surface area contributed by atoms with Crippen molar-refractivity contribution in [3.05, 3.63) is 52.5 Å². The number of piperazine rings is 1. The first-order valence-electron chi connectivity index (χ1n) is 8.42. The molecular formula is C19H22ClN2O2+. The highest BCUT2D eigenvalue weighted by Gasteiger charge is 2.22. The van der Waals surface area contributed by atoms with Crippen LogP contribution in [0.15, 0.2) is 36.4 Å². The minimum Gasteiger partial charge on any atom is -0.454 e. The predicted molar refractivity (Wildman–Crippen MR) is 95.4 cm³/mol. The van der Waals surface area contributed by atoms with E-state index >= 15 is 0 Å². The largest absolute Gasteiger partial charge is 0.454 e. The van der Waals surface area contributed by atoms with Crippen LogP contribution in [0, 0.1) is 6.92 Å². The van der Waals surface area contributed by atoms with Crippen LogP contribution in [0.5, 0.6) is 11.5 Å². The monoisotopic (exact) mass is 345 g/mol. The molecule has 0 amide bonds. The molecule has 24 heavy (non-hydrogen) atoms. The summed E-state index contributed by atoms with van der Waals surface area (Å²) in [6.45, 7) is 7.88. The summed E-state index contributed by atoms with van der Waals surface area (Å²) in [4.78, 5) is 4.05. The van der Waals surface area contributed by atoms with Gasteiger partial charge in [0.25, 0.3) is 0 Å². The van der Waals surface area contributed by atoms with Crippen LogP contribution < -0.4 is 19.3 Å². The number of rotatable bonds is 3. The maximum atomic E-state index is 6.16. The number of ether oxygens (including phenoxy) is 2. The van der Waals surface area contributed by atoms with Crippen molar-refractivity contribution in [3.63, 3.8) is 0 Å². The number of quaternary nitrogens is 1. The predicted octanol–water partition coefficient (Wildman–Crippen LogP) is 2.28. The number of halogens is 1. The summed E-state index contributed by atoms with van der Waals surface area (Å²) in [7, 11) is 0. The lowest BCUT2D eigenvalue weighted by Gasteiger charge is -2.34. The lowest BCUT2D eigenvalue weighted by Crippen LogP contribution is -3.13. The lowest BCUT2D eigenvalue weighted by molar-refractivity contribution is -0.914. The molecular weight excluding hydrogens is 324 g/mol. The summed E-state index contributed by atoms with van der Waals surface area (Å²) in [5, 5.41) is 0.811. The summed E-state index contributed by atoms with van der Waals surface area (Å²) in [5.41, 5.74) is 3.87.